The van der Waals surface area contributed by atoms with Gasteiger partial charge in [-0.05, 0) is 19.1 Å². The van der Waals surface area contributed by atoms with Crippen LogP contribution in [0.3, 0.4) is 0 Å². The Bertz CT molecular complexity index is 544. The highest BCUT2D eigenvalue weighted by molar-refractivity contribution is 7.91. The standard InChI is InChI=1S/C11H17N3O3S/c1-8-7-18(15,16)6-5-14(8)10-4-3-9(12)11(13-10)17-2/h3-4,8H,5-7,12H2,1-2H3. The molecule has 7 heteroatoms. The zero-order valence-corrected chi connectivity index (χ0v) is 11.3. The number of anilines is 2. The first-order chi connectivity index (χ1) is 8.43. The summed E-state index contributed by atoms with van der Waals surface area (Å²) in [5.74, 6) is 1.38. The Hall–Kier alpha value is -1.50. The fourth-order valence-corrected chi connectivity index (χ4v) is 3.66. The van der Waals surface area contributed by atoms with E-state index in [-0.39, 0.29) is 17.5 Å². The zero-order valence-electron chi connectivity index (χ0n) is 10.5. The number of nitrogen functional groups attached to an aromatic ring is 1. The maximum atomic E-state index is 11.5. The first kappa shape index (κ1) is 12.9. The maximum Gasteiger partial charge on any atom is 0.238 e. The third kappa shape index (κ3) is 2.50. The maximum absolute atomic E-state index is 11.5. The summed E-state index contributed by atoms with van der Waals surface area (Å²) < 4.78 is 28.1. The van der Waals surface area contributed by atoms with Gasteiger partial charge in [0.2, 0.25) is 5.88 Å². The summed E-state index contributed by atoms with van der Waals surface area (Å²) in [6.45, 7) is 2.32. The van der Waals surface area contributed by atoms with Gasteiger partial charge in [0, 0.05) is 12.6 Å². The Morgan fingerprint density at radius 3 is 2.83 bits per heavy atom. The lowest BCUT2D eigenvalue weighted by Crippen LogP contribution is -2.47. The van der Waals surface area contributed by atoms with Crippen molar-refractivity contribution in [1.82, 2.24) is 4.98 Å². The Balaban J connectivity index is 2.27. The summed E-state index contributed by atoms with van der Waals surface area (Å²) in [5.41, 5.74) is 6.18. The van der Waals surface area contributed by atoms with Gasteiger partial charge in [0.25, 0.3) is 0 Å². The molecule has 1 fully saturated rings. The first-order valence-corrected chi connectivity index (χ1v) is 7.52. The average molecular weight is 271 g/mol. The van der Waals surface area contributed by atoms with E-state index in [4.69, 9.17) is 10.5 Å². The van der Waals surface area contributed by atoms with Crippen LogP contribution in [0.25, 0.3) is 0 Å². The lowest BCUT2D eigenvalue weighted by atomic mass is 10.3. The molecule has 0 bridgehead atoms. The number of pyridine rings is 1. The summed E-state index contributed by atoms with van der Waals surface area (Å²) in [5, 5.41) is 0. The Labute approximate surface area is 107 Å². The molecular weight excluding hydrogens is 254 g/mol. The molecule has 1 unspecified atom stereocenters. The molecule has 1 aromatic heterocycles. The first-order valence-electron chi connectivity index (χ1n) is 5.70. The van der Waals surface area contributed by atoms with Gasteiger partial charge in [-0.1, -0.05) is 0 Å². The molecule has 0 saturated carbocycles. The second-order valence-electron chi connectivity index (χ2n) is 4.42. The van der Waals surface area contributed by atoms with Crippen molar-refractivity contribution in [1.29, 1.82) is 0 Å². The van der Waals surface area contributed by atoms with Crippen LogP contribution in [0.1, 0.15) is 6.92 Å². The van der Waals surface area contributed by atoms with Crippen molar-refractivity contribution in [3.63, 3.8) is 0 Å². The van der Waals surface area contributed by atoms with Crippen molar-refractivity contribution in [2.75, 3.05) is 35.8 Å². The van der Waals surface area contributed by atoms with E-state index in [0.29, 0.717) is 23.9 Å². The predicted octanol–water partition coefficient (Wildman–Crippen LogP) is 0.296. The number of aromatic nitrogens is 1. The van der Waals surface area contributed by atoms with E-state index in [0.717, 1.165) is 0 Å². The van der Waals surface area contributed by atoms with E-state index in [2.05, 4.69) is 4.98 Å². The third-order valence-electron chi connectivity index (χ3n) is 3.03. The number of hydrogen-bond donors (Lipinski definition) is 1. The fraction of sp³-hybridized carbons (Fsp3) is 0.545. The van der Waals surface area contributed by atoms with E-state index in [1.165, 1.54) is 7.11 Å². The van der Waals surface area contributed by atoms with Crippen LogP contribution in [0.15, 0.2) is 12.1 Å². The van der Waals surface area contributed by atoms with Crippen LogP contribution in [-0.4, -0.2) is 44.6 Å². The zero-order chi connectivity index (χ0) is 13.3. The van der Waals surface area contributed by atoms with Gasteiger partial charge < -0.3 is 15.4 Å². The van der Waals surface area contributed by atoms with Crippen molar-refractivity contribution < 1.29 is 13.2 Å². The van der Waals surface area contributed by atoms with Crippen LogP contribution in [-0.2, 0) is 9.84 Å². The molecule has 18 heavy (non-hydrogen) atoms. The molecule has 2 heterocycles. The normalized spacial score (nSPS) is 22.8. The van der Waals surface area contributed by atoms with Gasteiger partial charge in [-0.3, -0.25) is 0 Å². The van der Waals surface area contributed by atoms with E-state index in [9.17, 15) is 8.42 Å². The second kappa shape index (κ2) is 4.64. The molecule has 1 aliphatic heterocycles. The van der Waals surface area contributed by atoms with Gasteiger partial charge in [0.05, 0.1) is 24.3 Å². The van der Waals surface area contributed by atoms with Gasteiger partial charge in [-0.15, -0.1) is 0 Å². The molecule has 0 aliphatic carbocycles. The summed E-state index contributed by atoms with van der Waals surface area (Å²) in [6, 6.07) is 3.41. The topological polar surface area (TPSA) is 85.5 Å². The van der Waals surface area contributed by atoms with Crippen LogP contribution in [0.4, 0.5) is 11.5 Å². The van der Waals surface area contributed by atoms with Gasteiger partial charge in [0.1, 0.15) is 5.82 Å². The lowest BCUT2D eigenvalue weighted by Gasteiger charge is -2.34. The van der Waals surface area contributed by atoms with Crippen LogP contribution in [0.5, 0.6) is 5.88 Å². The van der Waals surface area contributed by atoms with Crippen LogP contribution < -0.4 is 15.4 Å². The highest BCUT2D eigenvalue weighted by atomic mass is 32.2. The van der Waals surface area contributed by atoms with Crippen molar-refractivity contribution in [2.45, 2.75) is 13.0 Å². The number of sulfone groups is 1. The summed E-state index contributed by atoms with van der Waals surface area (Å²) in [6.07, 6.45) is 0. The molecule has 1 saturated heterocycles. The molecule has 2 N–H and O–H groups in total. The minimum atomic E-state index is -2.92. The number of rotatable bonds is 2. The van der Waals surface area contributed by atoms with Gasteiger partial charge >= 0.3 is 0 Å². The fourth-order valence-electron chi connectivity index (χ4n) is 2.10. The molecule has 0 spiro atoms. The number of nitrogens with zero attached hydrogens (tertiary/aromatic N) is 2. The molecular formula is C11H17N3O3S. The number of methoxy groups -OCH3 is 1. The molecule has 6 nitrogen and oxygen atoms in total. The minimum Gasteiger partial charge on any atom is -0.479 e. The molecule has 1 atom stereocenters. The Morgan fingerprint density at radius 1 is 1.50 bits per heavy atom. The summed E-state index contributed by atoms with van der Waals surface area (Å²) in [7, 11) is -1.42. The average Bonchev–Trinajstić information content (AvgIpc) is 2.29. The highest BCUT2D eigenvalue weighted by Crippen LogP contribution is 2.25. The molecule has 1 aromatic rings. The third-order valence-corrected chi connectivity index (χ3v) is 4.83. The Morgan fingerprint density at radius 2 is 2.22 bits per heavy atom. The number of hydrogen-bond acceptors (Lipinski definition) is 6. The summed E-state index contributed by atoms with van der Waals surface area (Å²) >= 11 is 0. The lowest BCUT2D eigenvalue weighted by molar-refractivity contribution is 0.400. The number of nitrogens with two attached hydrogens (primary N) is 1. The minimum absolute atomic E-state index is 0.0930. The van der Waals surface area contributed by atoms with Crippen LogP contribution >= 0.6 is 0 Å². The molecule has 1 aliphatic rings. The SMILES string of the molecule is COc1nc(N2CCS(=O)(=O)CC2C)ccc1N. The van der Waals surface area contributed by atoms with Crippen molar-refractivity contribution >= 4 is 21.3 Å². The Kier molecular flexibility index (Phi) is 3.34. The largest absolute Gasteiger partial charge is 0.479 e. The summed E-state index contributed by atoms with van der Waals surface area (Å²) in [4.78, 5) is 6.26. The van der Waals surface area contributed by atoms with E-state index in [1.54, 1.807) is 12.1 Å². The second-order valence-corrected chi connectivity index (χ2v) is 6.65. The highest BCUT2D eigenvalue weighted by Gasteiger charge is 2.29. The van der Waals surface area contributed by atoms with Gasteiger partial charge in [-0.25, -0.2) is 8.42 Å². The van der Waals surface area contributed by atoms with E-state index < -0.39 is 9.84 Å². The number of ether oxygens (including phenoxy) is 1. The molecule has 0 amide bonds. The van der Waals surface area contributed by atoms with E-state index >= 15 is 0 Å². The van der Waals surface area contributed by atoms with Gasteiger partial charge in [0.15, 0.2) is 9.84 Å². The van der Waals surface area contributed by atoms with Gasteiger partial charge in [-0.2, -0.15) is 4.98 Å². The van der Waals surface area contributed by atoms with Crippen LogP contribution in [0, 0.1) is 0 Å². The quantitative estimate of drug-likeness (QED) is 0.832. The monoisotopic (exact) mass is 271 g/mol. The van der Waals surface area contributed by atoms with Crippen molar-refractivity contribution in [3.8, 4) is 5.88 Å². The molecule has 0 radical (unpaired) electrons. The van der Waals surface area contributed by atoms with Crippen molar-refractivity contribution in [2.24, 2.45) is 0 Å². The van der Waals surface area contributed by atoms with Crippen LogP contribution in [0.2, 0.25) is 0 Å². The molecule has 2 rings (SSSR count). The molecule has 0 aromatic carbocycles. The van der Waals surface area contributed by atoms with Crippen molar-refractivity contribution in [3.05, 3.63) is 12.1 Å². The smallest absolute Gasteiger partial charge is 0.238 e. The predicted molar refractivity (Wildman–Crippen MR) is 70.7 cm³/mol. The van der Waals surface area contributed by atoms with E-state index in [1.807, 2.05) is 11.8 Å². The molecule has 100 valence electrons.